The Balaban J connectivity index is 2.25. The second kappa shape index (κ2) is 12.0. The summed E-state index contributed by atoms with van der Waals surface area (Å²) in [6.45, 7) is 24.7. The van der Waals surface area contributed by atoms with Crippen LogP contribution in [-0.4, -0.2) is 72.9 Å². The molecule has 156 valence electrons. The van der Waals surface area contributed by atoms with Gasteiger partial charge < -0.3 is 18.3 Å². The van der Waals surface area contributed by atoms with Crippen molar-refractivity contribution >= 4 is 17.5 Å². The van der Waals surface area contributed by atoms with Crippen LogP contribution in [0.25, 0.3) is 0 Å². The molecule has 0 N–H and O–H groups in total. The van der Waals surface area contributed by atoms with Gasteiger partial charge in [-0.15, -0.1) is 0 Å². The first-order chi connectivity index (χ1) is 12.2. The number of hydrogen-bond acceptors (Lipinski definition) is 4. The van der Waals surface area contributed by atoms with Crippen LogP contribution in [0.4, 0.5) is 0 Å². The fourth-order valence-electron chi connectivity index (χ4n) is 3.36. The van der Waals surface area contributed by atoms with Gasteiger partial charge in [0.05, 0.1) is 0 Å². The molecule has 1 aliphatic heterocycles. The zero-order chi connectivity index (χ0) is 19.6. The summed E-state index contributed by atoms with van der Waals surface area (Å²) in [5.41, 5.74) is 0. The standard InChI is InChI=1S/C20H46N2O2Si2/c1-8-17-23-25(24-18-9-2)19-11-10-12-21-13-15-22(16-14-21)26(6,7)20(3,4)5/h25H,8-19H2,1-7H3. The molecule has 6 heteroatoms. The predicted molar refractivity (Wildman–Crippen MR) is 119 cm³/mol. The number of hydrogen-bond donors (Lipinski definition) is 0. The second-order valence-corrected chi connectivity index (χ2v) is 16.7. The molecule has 0 atom stereocenters. The topological polar surface area (TPSA) is 24.9 Å². The average Bonchev–Trinajstić information content (AvgIpc) is 2.59. The van der Waals surface area contributed by atoms with Crippen LogP contribution in [0, 0.1) is 0 Å². The van der Waals surface area contributed by atoms with Crippen LogP contribution in [0.1, 0.15) is 60.3 Å². The Bertz CT molecular complexity index is 359. The van der Waals surface area contributed by atoms with Crippen LogP contribution in [0.15, 0.2) is 0 Å². The van der Waals surface area contributed by atoms with E-state index >= 15 is 0 Å². The van der Waals surface area contributed by atoms with Gasteiger partial charge in [-0.25, -0.2) is 0 Å². The zero-order valence-electron chi connectivity index (χ0n) is 18.8. The summed E-state index contributed by atoms with van der Waals surface area (Å²) in [5, 5.41) is 0.450. The Labute approximate surface area is 166 Å². The van der Waals surface area contributed by atoms with Gasteiger partial charge in [0.25, 0.3) is 0 Å². The van der Waals surface area contributed by atoms with Gasteiger partial charge in [-0.2, -0.15) is 0 Å². The molecule has 1 saturated heterocycles. The molecule has 0 unspecified atom stereocenters. The summed E-state index contributed by atoms with van der Waals surface area (Å²) in [6, 6.07) is 1.17. The lowest BCUT2D eigenvalue weighted by Gasteiger charge is -2.49. The molecule has 1 heterocycles. The van der Waals surface area contributed by atoms with Crippen LogP contribution >= 0.6 is 0 Å². The molecule has 0 radical (unpaired) electrons. The van der Waals surface area contributed by atoms with Crippen LogP contribution in [0.5, 0.6) is 0 Å². The van der Waals surface area contributed by atoms with Gasteiger partial charge in [0.2, 0.25) is 0 Å². The van der Waals surface area contributed by atoms with E-state index in [-0.39, 0.29) is 0 Å². The van der Waals surface area contributed by atoms with Gasteiger partial charge in [-0.1, -0.05) is 54.1 Å². The summed E-state index contributed by atoms with van der Waals surface area (Å²) >= 11 is 0. The third-order valence-corrected chi connectivity index (χ3v) is 14.0. The lowest BCUT2D eigenvalue weighted by Crippen LogP contribution is -2.61. The lowest BCUT2D eigenvalue weighted by molar-refractivity contribution is 0.175. The smallest absolute Gasteiger partial charge is 0.321 e. The molecular weight excluding hydrogens is 356 g/mol. The van der Waals surface area contributed by atoms with Crippen LogP contribution in [0.2, 0.25) is 24.2 Å². The van der Waals surface area contributed by atoms with Crippen LogP contribution in [-0.2, 0) is 8.85 Å². The minimum absolute atomic E-state index is 0.450. The number of nitrogens with zero attached hydrogens (tertiary/aromatic N) is 2. The van der Waals surface area contributed by atoms with E-state index in [2.05, 4.69) is 57.2 Å². The molecule has 0 spiro atoms. The highest BCUT2D eigenvalue weighted by atomic mass is 28.3. The number of rotatable bonds is 12. The van der Waals surface area contributed by atoms with Crippen molar-refractivity contribution in [1.29, 1.82) is 0 Å². The third-order valence-electron chi connectivity index (χ3n) is 6.18. The van der Waals surface area contributed by atoms with Crippen LogP contribution < -0.4 is 0 Å². The SMILES string of the molecule is CCCO[SiH](CCCCN1CCN([Si](C)(C)C(C)(C)C)CC1)OCCC. The molecule has 0 aliphatic carbocycles. The maximum atomic E-state index is 5.97. The maximum Gasteiger partial charge on any atom is 0.321 e. The summed E-state index contributed by atoms with van der Waals surface area (Å²) < 4.78 is 14.8. The van der Waals surface area contributed by atoms with Crippen LogP contribution in [0.3, 0.4) is 0 Å². The average molecular weight is 403 g/mol. The minimum atomic E-state index is -1.42. The lowest BCUT2D eigenvalue weighted by atomic mass is 10.2. The van der Waals surface area contributed by atoms with Crippen molar-refractivity contribution in [3.05, 3.63) is 0 Å². The Morgan fingerprint density at radius 1 is 0.885 bits per heavy atom. The quantitative estimate of drug-likeness (QED) is 0.355. The predicted octanol–water partition coefficient (Wildman–Crippen LogP) is 4.46. The molecule has 0 bridgehead atoms. The maximum absolute atomic E-state index is 5.97. The highest BCUT2D eigenvalue weighted by Crippen LogP contribution is 2.38. The van der Waals surface area contributed by atoms with Gasteiger partial charge in [0, 0.05) is 39.4 Å². The van der Waals surface area contributed by atoms with Gasteiger partial charge in [-0.3, -0.25) is 0 Å². The molecule has 1 fully saturated rings. The van der Waals surface area contributed by atoms with Gasteiger partial charge in [0.1, 0.15) is 8.24 Å². The van der Waals surface area contributed by atoms with E-state index in [1.165, 1.54) is 51.6 Å². The molecule has 4 nitrogen and oxygen atoms in total. The van der Waals surface area contributed by atoms with Crippen molar-refractivity contribution < 1.29 is 8.85 Å². The molecule has 26 heavy (non-hydrogen) atoms. The monoisotopic (exact) mass is 402 g/mol. The van der Waals surface area contributed by atoms with Crippen molar-refractivity contribution in [3.63, 3.8) is 0 Å². The first kappa shape index (κ1) is 24.3. The van der Waals surface area contributed by atoms with Crippen molar-refractivity contribution in [2.75, 3.05) is 45.9 Å². The summed E-state index contributed by atoms with van der Waals surface area (Å²) in [6.07, 6.45) is 4.73. The Hall–Kier alpha value is 0.274. The minimum Gasteiger partial charge on any atom is -0.397 e. The largest absolute Gasteiger partial charge is 0.397 e. The first-order valence-electron chi connectivity index (χ1n) is 10.9. The Morgan fingerprint density at radius 3 is 1.88 bits per heavy atom. The van der Waals surface area contributed by atoms with E-state index in [9.17, 15) is 0 Å². The molecule has 0 saturated carbocycles. The Kier molecular flexibility index (Phi) is 11.2. The first-order valence-corrected chi connectivity index (χ1v) is 15.6. The summed E-state index contributed by atoms with van der Waals surface area (Å²) in [7, 11) is -2.75. The van der Waals surface area contributed by atoms with E-state index in [4.69, 9.17) is 8.85 Å². The van der Waals surface area contributed by atoms with E-state index in [1.807, 2.05) is 0 Å². The Morgan fingerprint density at radius 2 is 1.42 bits per heavy atom. The van der Waals surface area contributed by atoms with Gasteiger partial charge in [0.15, 0.2) is 0 Å². The van der Waals surface area contributed by atoms with E-state index in [0.717, 1.165) is 26.1 Å². The van der Waals surface area contributed by atoms with Crippen molar-refractivity contribution in [2.24, 2.45) is 0 Å². The molecule has 0 aromatic rings. The molecular formula is C20H46N2O2Si2. The summed E-state index contributed by atoms with van der Waals surface area (Å²) in [4.78, 5) is 2.67. The number of piperazine rings is 1. The molecule has 0 aromatic carbocycles. The molecule has 0 amide bonds. The third kappa shape index (κ3) is 8.11. The van der Waals surface area contributed by atoms with E-state index < -0.39 is 17.5 Å². The second-order valence-electron chi connectivity index (χ2n) is 9.30. The van der Waals surface area contributed by atoms with Crippen molar-refractivity contribution in [1.82, 2.24) is 9.47 Å². The highest BCUT2D eigenvalue weighted by molar-refractivity contribution is 6.77. The fourth-order valence-corrected chi connectivity index (χ4v) is 7.68. The van der Waals surface area contributed by atoms with Crippen molar-refractivity contribution in [2.45, 2.75) is 84.5 Å². The number of unbranched alkanes of at least 4 members (excludes halogenated alkanes) is 1. The van der Waals surface area contributed by atoms with Gasteiger partial charge >= 0.3 is 9.28 Å². The highest BCUT2D eigenvalue weighted by Gasteiger charge is 2.41. The fraction of sp³-hybridized carbons (Fsp3) is 1.00. The van der Waals surface area contributed by atoms with Gasteiger partial charge in [-0.05, 0) is 36.9 Å². The normalized spacial score (nSPS) is 18.0. The van der Waals surface area contributed by atoms with Crippen molar-refractivity contribution in [3.8, 4) is 0 Å². The summed E-state index contributed by atoms with van der Waals surface area (Å²) in [5.74, 6) is 0. The zero-order valence-corrected chi connectivity index (χ0v) is 20.9. The molecule has 1 rings (SSSR count). The van der Waals surface area contributed by atoms with E-state index in [0.29, 0.717) is 5.04 Å². The van der Waals surface area contributed by atoms with E-state index in [1.54, 1.807) is 0 Å². The molecule has 1 aliphatic rings. The molecule has 0 aromatic heterocycles.